The standard InChI is InChI=1S/C10H12ClNO3/c1-6(5-12)15-7-2-3-9(11)8(4-7)10(13)14/h2-4,6H,5,12H2,1H3,(H,13,14). The number of halogens is 1. The maximum Gasteiger partial charge on any atom is 0.337 e. The number of carboxylic acid groups (broad SMARTS) is 1. The molecular formula is C10H12ClNO3. The minimum absolute atomic E-state index is 0.0263. The van der Waals surface area contributed by atoms with E-state index < -0.39 is 5.97 Å². The first-order valence-corrected chi connectivity index (χ1v) is 4.82. The van der Waals surface area contributed by atoms with E-state index in [1.54, 1.807) is 13.0 Å². The fraction of sp³-hybridized carbons (Fsp3) is 0.300. The van der Waals surface area contributed by atoms with Crippen molar-refractivity contribution in [2.75, 3.05) is 6.54 Å². The van der Waals surface area contributed by atoms with E-state index in [4.69, 9.17) is 27.2 Å². The van der Waals surface area contributed by atoms with Gasteiger partial charge in [0.05, 0.1) is 10.6 Å². The molecule has 0 amide bonds. The van der Waals surface area contributed by atoms with Gasteiger partial charge in [0, 0.05) is 6.54 Å². The Kier molecular flexibility index (Phi) is 3.94. The lowest BCUT2D eigenvalue weighted by Crippen LogP contribution is -2.22. The summed E-state index contributed by atoms with van der Waals surface area (Å²) in [6, 6.07) is 4.49. The molecular weight excluding hydrogens is 218 g/mol. The Morgan fingerprint density at radius 3 is 2.87 bits per heavy atom. The molecule has 4 nitrogen and oxygen atoms in total. The minimum Gasteiger partial charge on any atom is -0.489 e. The highest BCUT2D eigenvalue weighted by Gasteiger charge is 2.10. The molecule has 0 aliphatic heterocycles. The third-order valence-corrected chi connectivity index (χ3v) is 2.17. The number of nitrogens with two attached hydrogens (primary N) is 1. The molecule has 1 aromatic carbocycles. The van der Waals surface area contributed by atoms with Gasteiger partial charge in [0.25, 0.3) is 0 Å². The van der Waals surface area contributed by atoms with Crippen molar-refractivity contribution >= 4 is 17.6 Å². The molecule has 1 aromatic rings. The molecule has 0 aliphatic rings. The van der Waals surface area contributed by atoms with E-state index in [1.165, 1.54) is 12.1 Å². The molecule has 0 aromatic heterocycles. The van der Waals surface area contributed by atoms with Crippen LogP contribution in [0.3, 0.4) is 0 Å². The van der Waals surface area contributed by atoms with Gasteiger partial charge < -0.3 is 15.6 Å². The van der Waals surface area contributed by atoms with Gasteiger partial charge in [-0.25, -0.2) is 4.79 Å². The maximum atomic E-state index is 10.8. The fourth-order valence-electron chi connectivity index (χ4n) is 1.02. The van der Waals surface area contributed by atoms with Crippen LogP contribution < -0.4 is 10.5 Å². The summed E-state index contributed by atoms with van der Waals surface area (Å²) in [6.07, 6.45) is -0.159. The lowest BCUT2D eigenvalue weighted by molar-refractivity contribution is 0.0696. The molecule has 0 bridgehead atoms. The summed E-state index contributed by atoms with van der Waals surface area (Å²) < 4.78 is 5.36. The highest BCUT2D eigenvalue weighted by Crippen LogP contribution is 2.22. The molecule has 5 heteroatoms. The normalized spacial score (nSPS) is 12.2. The van der Waals surface area contributed by atoms with Gasteiger partial charge in [-0.05, 0) is 25.1 Å². The van der Waals surface area contributed by atoms with E-state index in [9.17, 15) is 4.79 Å². The summed E-state index contributed by atoms with van der Waals surface area (Å²) in [6.45, 7) is 2.17. The molecule has 82 valence electrons. The lowest BCUT2D eigenvalue weighted by atomic mass is 10.2. The molecule has 0 fully saturated rings. The van der Waals surface area contributed by atoms with Crippen molar-refractivity contribution in [3.05, 3.63) is 28.8 Å². The Morgan fingerprint density at radius 2 is 2.33 bits per heavy atom. The van der Waals surface area contributed by atoms with Gasteiger partial charge in [0.2, 0.25) is 0 Å². The first kappa shape index (κ1) is 11.8. The van der Waals surface area contributed by atoms with Gasteiger partial charge in [-0.15, -0.1) is 0 Å². The summed E-state index contributed by atoms with van der Waals surface area (Å²) in [5.74, 6) is -0.624. The quantitative estimate of drug-likeness (QED) is 0.825. The Labute approximate surface area is 92.6 Å². The number of rotatable bonds is 4. The molecule has 0 saturated carbocycles. The van der Waals surface area contributed by atoms with Crippen LogP contribution in [0.2, 0.25) is 5.02 Å². The number of hydrogen-bond donors (Lipinski definition) is 2. The van der Waals surface area contributed by atoms with Crippen molar-refractivity contribution in [1.29, 1.82) is 0 Å². The first-order chi connectivity index (χ1) is 7.04. The highest BCUT2D eigenvalue weighted by atomic mass is 35.5. The molecule has 1 atom stereocenters. The number of aromatic carboxylic acids is 1. The van der Waals surface area contributed by atoms with E-state index in [-0.39, 0.29) is 16.7 Å². The summed E-state index contributed by atoms with van der Waals surface area (Å²) in [5.41, 5.74) is 5.41. The number of carboxylic acids is 1. The zero-order valence-corrected chi connectivity index (χ0v) is 8.99. The SMILES string of the molecule is CC(CN)Oc1ccc(Cl)c(C(=O)O)c1. The second-order valence-corrected chi connectivity index (χ2v) is 3.52. The number of ether oxygens (including phenoxy) is 1. The minimum atomic E-state index is -1.08. The summed E-state index contributed by atoms with van der Waals surface area (Å²) >= 11 is 5.70. The Hall–Kier alpha value is -1.26. The number of carbonyl (C=O) groups is 1. The number of benzene rings is 1. The molecule has 0 heterocycles. The van der Waals surface area contributed by atoms with Crippen LogP contribution >= 0.6 is 11.6 Å². The zero-order valence-electron chi connectivity index (χ0n) is 8.24. The summed E-state index contributed by atoms with van der Waals surface area (Å²) in [4.78, 5) is 10.8. The maximum absolute atomic E-state index is 10.8. The van der Waals surface area contributed by atoms with Crippen LogP contribution in [0, 0.1) is 0 Å². The predicted molar refractivity (Wildman–Crippen MR) is 57.6 cm³/mol. The fourth-order valence-corrected chi connectivity index (χ4v) is 1.22. The summed E-state index contributed by atoms with van der Waals surface area (Å²) in [7, 11) is 0. The largest absolute Gasteiger partial charge is 0.489 e. The van der Waals surface area contributed by atoms with Gasteiger partial charge in [-0.2, -0.15) is 0 Å². The van der Waals surface area contributed by atoms with Crippen molar-refractivity contribution in [2.24, 2.45) is 5.73 Å². The third-order valence-electron chi connectivity index (χ3n) is 1.84. The second-order valence-electron chi connectivity index (χ2n) is 3.11. The molecule has 15 heavy (non-hydrogen) atoms. The molecule has 1 unspecified atom stereocenters. The van der Waals surface area contributed by atoms with Crippen LogP contribution in [0.25, 0.3) is 0 Å². The van der Waals surface area contributed by atoms with E-state index in [0.29, 0.717) is 12.3 Å². The topological polar surface area (TPSA) is 72.5 Å². The van der Waals surface area contributed by atoms with Crippen LogP contribution in [0.1, 0.15) is 17.3 Å². The number of hydrogen-bond acceptors (Lipinski definition) is 3. The van der Waals surface area contributed by atoms with Crippen LogP contribution in [0.5, 0.6) is 5.75 Å². The molecule has 0 radical (unpaired) electrons. The van der Waals surface area contributed by atoms with Crippen LogP contribution in [-0.2, 0) is 0 Å². The summed E-state index contributed by atoms with van der Waals surface area (Å²) in [5, 5.41) is 9.01. The molecule has 3 N–H and O–H groups in total. The lowest BCUT2D eigenvalue weighted by Gasteiger charge is -2.12. The van der Waals surface area contributed by atoms with Crippen LogP contribution in [0.15, 0.2) is 18.2 Å². The van der Waals surface area contributed by atoms with Gasteiger partial charge in [-0.1, -0.05) is 11.6 Å². The van der Waals surface area contributed by atoms with E-state index in [0.717, 1.165) is 0 Å². The van der Waals surface area contributed by atoms with Gasteiger partial charge in [0.15, 0.2) is 0 Å². The van der Waals surface area contributed by atoms with Gasteiger partial charge >= 0.3 is 5.97 Å². The van der Waals surface area contributed by atoms with E-state index in [1.807, 2.05) is 0 Å². The van der Waals surface area contributed by atoms with Crippen molar-refractivity contribution in [3.63, 3.8) is 0 Å². The Bertz CT molecular complexity index is 368. The molecule has 0 spiro atoms. The second kappa shape index (κ2) is 5.00. The smallest absolute Gasteiger partial charge is 0.337 e. The average molecular weight is 230 g/mol. The van der Waals surface area contributed by atoms with Crippen molar-refractivity contribution < 1.29 is 14.6 Å². The first-order valence-electron chi connectivity index (χ1n) is 4.44. The van der Waals surface area contributed by atoms with Crippen LogP contribution in [-0.4, -0.2) is 23.7 Å². The van der Waals surface area contributed by atoms with E-state index in [2.05, 4.69) is 0 Å². The van der Waals surface area contributed by atoms with Crippen LogP contribution in [0.4, 0.5) is 0 Å². The van der Waals surface area contributed by atoms with Gasteiger partial charge in [-0.3, -0.25) is 0 Å². The van der Waals surface area contributed by atoms with Gasteiger partial charge in [0.1, 0.15) is 11.9 Å². The predicted octanol–water partition coefficient (Wildman–Crippen LogP) is 1.76. The Morgan fingerprint density at radius 1 is 1.67 bits per heavy atom. The molecule has 1 rings (SSSR count). The third kappa shape index (κ3) is 3.11. The monoisotopic (exact) mass is 229 g/mol. The average Bonchev–Trinajstić information content (AvgIpc) is 2.20. The molecule has 0 aliphatic carbocycles. The zero-order chi connectivity index (χ0) is 11.4. The van der Waals surface area contributed by atoms with Crippen molar-refractivity contribution in [1.82, 2.24) is 0 Å². The van der Waals surface area contributed by atoms with Crippen molar-refractivity contribution in [2.45, 2.75) is 13.0 Å². The molecule has 0 saturated heterocycles. The van der Waals surface area contributed by atoms with Crippen molar-refractivity contribution in [3.8, 4) is 5.75 Å². The van der Waals surface area contributed by atoms with E-state index >= 15 is 0 Å². The Balaban J connectivity index is 2.92. The highest BCUT2D eigenvalue weighted by molar-refractivity contribution is 6.33.